The quantitative estimate of drug-likeness (QED) is 0.616. The molecule has 1 aromatic carbocycles. The third kappa shape index (κ3) is 4.35. The number of aromatic nitrogens is 1. The van der Waals surface area contributed by atoms with Crippen LogP contribution in [-0.2, 0) is 16.0 Å². The van der Waals surface area contributed by atoms with E-state index in [1.807, 2.05) is 24.4 Å². The van der Waals surface area contributed by atoms with Gasteiger partial charge in [0, 0.05) is 18.5 Å². The van der Waals surface area contributed by atoms with E-state index in [0.29, 0.717) is 6.61 Å². The maximum atomic E-state index is 11.2. The summed E-state index contributed by atoms with van der Waals surface area (Å²) in [5, 5.41) is 0. The Morgan fingerprint density at radius 3 is 2.65 bits per heavy atom. The number of pyridine rings is 1. The van der Waals surface area contributed by atoms with E-state index in [0.717, 1.165) is 12.0 Å². The lowest BCUT2D eigenvalue weighted by Gasteiger charge is -2.02. The number of hydrogen-bond acceptors (Lipinski definition) is 3. The zero-order valence-electron chi connectivity index (χ0n) is 11.5. The van der Waals surface area contributed by atoms with Gasteiger partial charge in [0.1, 0.15) is 0 Å². The average molecular weight is 267 g/mol. The van der Waals surface area contributed by atoms with E-state index in [1.165, 1.54) is 17.2 Å². The average Bonchev–Trinajstić information content (AvgIpc) is 2.48. The van der Waals surface area contributed by atoms with Gasteiger partial charge >= 0.3 is 5.97 Å². The van der Waals surface area contributed by atoms with Crippen molar-refractivity contribution in [1.29, 1.82) is 0 Å². The van der Waals surface area contributed by atoms with E-state index in [9.17, 15) is 4.79 Å². The molecule has 0 atom stereocenters. The minimum atomic E-state index is -0.313. The Balaban J connectivity index is 1.98. The van der Waals surface area contributed by atoms with Crippen LogP contribution in [0.1, 0.15) is 23.6 Å². The van der Waals surface area contributed by atoms with E-state index in [4.69, 9.17) is 4.74 Å². The molecule has 0 aliphatic carbocycles. The molecule has 0 saturated carbocycles. The number of carbonyl (C=O) groups is 1. The fraction of sp³-hybridized carbons (Fsp3) is 0.176. The maximum Gasteiger partial charge on any atom is 0.330 e. The zero-order valence-corrected chi connectivity index (χ0v) is 11.5. The number of rotatable bonds is 5. The van der Waals surface area contributed by atoms with Gasteiger partial charge in [-0.3, -0.25) is 4.98 Å². The highest BCUT2D eigenvalue weighted by Gasteiger charge is 1.97. The molecule has 3 heteroatoms. The minimum absolute atomic E-state index is 0.313. The first-order chi connectivity index (χ1) is 9.78. The molecule has 3 nitrogen and oxygen atoms in total. The molecule has 1 heterocycles. The van der Waals surface area contributed by atoms with E-state index < -0.39 is 0 Å². The Kier molecular flexibility index (Phi) is 5.07. The first-order valence-electron chi connectivity index (χ1n) is 6.60. The van der Waals surface area contributed by atoms with Gasteiger partial charge in [-0.1, -0.05) is 30.3 Å². The summed E-state index contributed by atoms with van der Waals surface area (Å²) in [6.45, 7) is 2.19. The highest BCUT2D eigenvalue weighted by Crippen LogP contribution is 2.11. The molecule has 0 radical (unpaired) electrons. The topological polar surface area (TPSA) is 39.2 Å². The second-order valence-electron chi connectivity index (χ2n) is 4.37. The van der Waals surface area contributed by atoms with Gasteiger partial charge in [0.05, 0.1) is 6.61 Å². The number of nitrogens with zero attached hydrogens (tertiary/aromatic N) is 1. The van der Waals surface area contributed by atoms with Crippen LogP contribution in [-0.4, -0.2) is 17.6 Å². The molecule has 0 N–H and O–H groups in total. The normalized spacial score (nSPS) is 10.7. The molecule has 0 amide bonds. The summed E-state index contributed by atoms with van der Waals surface area (Å²) < 4.78 is 4.83. The van der Waals surface area contributed by atoms with E-state index in [2.05, 4.69) is 23.2 Å². The van der Waals surface area contributed by atoms with Crippen LogP contribution in [0.3, 0.4) is 0 Å². The molecule has 0 fully saturated rings. The van der Waals surface area contributed by atoms with Crippen LogP contribution in [0.2, 0.25) is 0 Å². The Labute approximate surface area is 118 Å². The van der Waals surface area contributed by atoms with Crippen molar-refractivity contribution in [3.63, 3.8) is 0 Å². The molecular weight excluding hydrogens is 250 g/mol. The van der Waals surface area contributed by atoms with Crippen molar-refractivity contribution >= 4 is 12.0 Å². The summed E-state index contributed by atoms with van der Waals surface area (Å²) in [7, 11) is 0. The maximum absolute atomic E-state index is 11.2. The Bertz CT molecular complexity index is 574. The summed E-state index contributed by atoms with van der Waals surface area (Å²) in [6, 6.07) is 12.1. The minimum Gasteiger partial charge on any atom is -0.463 e. The lowest BCUT2D eigenvalue weighted by atomic mass is 10.0. The highest BCUT2D eigenvalue weighted by atomic mass is 16.5. The molecule has 0 saturated heterocycles. The van der Waals surface area contributed by atoms with Crippen molar-refractivity contribution in [3.8, 4) is 0 Å². The molecule has 2 rings (SSSR count). The fourth-order valence-electron chi connectivity index (χ4n) is 1.84. The van der Waals surface area contributed by atoms with Crippen molar-refractivity contribution in [2.24, 2.45) is 0 Å². The summed E-state index contributed by atoms with van der Waals surface area (Å²) in [4.78, 5) is 15.3. The van der Waals surface area contributed by atoms with Crippen LogP contribution in [0.4, 0.5) is 0 Å². The predicted octanol–water partition coefficient (Wildman–Crippen LogP) is 3.25. The second kappa shape index (κ2) is 7.24. The van der Waals surface area contributed by atoms with Crippen molar-refractivity contribution in [3.05, 3.63) is 71.6 Å². The van der Waals surface area contributed by atoms with Gasteiger partial charge in [0.25, 0.3) is 0 Å². The van der Waals surface area contributed by atoms with Crippen LogP contribution in [0.5, 0.6) is 0 Å². The molecule has 0 bridgehead atoms. The van der Waals surface area contributed by atoms with Crippen LogP contribution >= 0.6 is 0 Å². The van der Waals surface area contributed by atoms with Gasteiger partial charge in [-0.05, 0) is 42.2 Å². The van der Waals surface area contributed by atoms with Gasteiger partial charge in [-0.25, -0.2) is 4.79 Å². The highest BCUT2D eigenvalue weighted by molar-refractivity contribution is 5.87. The standard InChI is InChI=1S/C17H17NO2/c1-2-20-17(19)10-9-14-5-7-15(8-6-14)12-16-4-3-11-18-13-16/h3-11,13H,2,12H2,1H3. The third-order valence-corrected chi connectivity index (χ3v) is 2.81. The first-order valence-corrected chi connectivity index (χ1v) is 6.60. The van der Waals surface area contributed by atoms with Gasteiger partial charge < -0.3 is 4.74 Å². The molecule has 0 unspecified atom stereocenters. The molecule has 20 heavy (non-hydrogen) atoms. The first kappa shape index (κ1) is 14.0. The van der Waals surface area contributed by atoms with E-state index in [1.54, 1.807) is 19.2 Å². The predicted molar refractivity (Wildman–Crippen MR) is 79.2 cm³/mol. The lowest BCUT2D eigenvalue weighted by molar-refractivity contribution is -0.137. The van der Waals surface area contributed by atoms with Crippen LogP contribution in [0.25, 0.3) is 6.08 Å². The number of esters is 1. The van der Waals surface area contributed by atoms with E-state index in [-0.39, 0.29) is 5.97 Å². The van der Waals surface area contributed by atoms with Gasteiger partial charge in [0.15, 0.2) is 0 Å². The smallest absolute Gasteiger partial charge is 0.330 e. The number of carbonyl (C=O) groups excluding carboxylic acids is 1. The Morgan fingerprint density at radius 2 is 2.00 bits per heavy atom. The lowest BCUT2D eigenvalue weighted by Crippen LogP contribution is -1.98. The second-order valence-corrected chi connectivity index (χ2v) is 4.37. The monoisotopic (exact) mass is 267 g/mol. The van der Waals surface area contributed by atoms with Crippen molar-refractivity contribution in [2.45, 2.75) is 13.3 Å². The van der Waals surface area contributed by atoms with Crippen LogP contribution in [0.15, 0.2) is 54.9 Å². The number of ether oxygens (including phenoxy) is 1. The molecule has 2 aromatic rings. The summed E-state index contributed by atoms with van der Waals surface area (Å²) in [5.74, 6) is -0.313. The van der Waals surface area contributed by atoms with Crippen LogP contribution in [0, 0.1) is 0 Å². The summed E-state index contributed by atoms with van der Waals surface area (Å²) in [5.41, 5.74) is 3.38. The van der Waals surface area contributed by atoms with Gasteiger partial charge in [-0.2, -0.15) is 0 Å². The van der Waals surface area contributed by atoms with Crippen LogP contribution < -0.4 is 0 Å². The van der Waals surface area contributed by atoms with Crippen molar-refractivity contribution in [2.75, 3.05) is 6.61 Å². The van der Waals surface area contributed by atoms with Gasteiger partial charge in [0.2, 0.25) is 0 Å². The molecular formula is C17H17NO2. The molecule has 0 spiro atoms. The van der Waals surface area contributed by atoms with Gasteiger partial charge in [-0.15, -0.1) is 0 Å². The Hall–Kier alpha value is -2.42. The zero-order chi connectivity index (χ0) is 14.2. The largest absolute Gasteiger partial charge is 0.463 e. The summed E-state index contributed by atoms with van der Waals surface area (Å²) in [6.07, 6.45) is 7.70. The Morgan fingerprint density at radius 1 is 1.20 bits per heavy atom. The molecule has 102 valence electrons. The van der Waals surface area contributed by atoms with E-state index >= 15 is 0 Å². The number of hydrogen-bond donors (Lipinski definition) is 0. The SMILES string of the molecule is CCOC(=O)C=Cc1ccc(Cc2cccnc2)cc1. The molecule has 0 aliphatic heterocycles. The molecule has 0 aliphatic rings. The van der Waals surface area contributed by atoms with Crippen molar-refractivity contribution < 1.29 is 9.53 Å². The third-order valence-electron chi connectivity index (χ3n) is 2.81. The summed E-state index contributed by atoms with van der Waals surface area (Å²) >= 11 is 0. The van der Waals surface area contributed by atoms with Crippen molar-refractivity contribution in [1.82, 2.24) is 4.98 Å². The number of benzene rings is 1. The fourth-order valence-corrected chi connectivity index (χ4v) is 1.84. The molecule has 1 aromatic heterocycles.